The number of benzene rings is 4. The van der Waals surface area contributed by atoms with Gasteiger partial charge in [0, 0.05) is 0 Å². The van der Waals surface area contributed by atoms with E-state index in [9.17, 15) is 24.3 Å². The van der Waals surface area contributed by atoms with Crippen LogP contribution in [0.1, 0.15) is 41.4 Å². The maximum atomic E-state index is 13.2. The van der Waals surface area contributed by atoms with Crippen LogP contribution in [0.2, 0.25) is 0 Å². The van der Waals surface area contributed by atoms with Crippen LogP contribution in [-0.4, -0.2) is 66.3 Å². The monoisotopic (exact) mass is 596 g/mol. The van der Waals surface area contributed by atoms with Gasteiger partial charge in [0.15, 0.2) is 12.2 Å². The molecule has 0 saturated carbocycles. The van der Waals surface area contributed by atoms with E-state index in [-0.39, 0.29) is 22.3 Å². The fraction of sp³-hybridized carbons (Fsp3) is 0.176. The van der Waals surface area contributed by atoms with Crippen LogP contribution in [0, 0.1) is 0 Å². The third-order valence-electron chi connectivity index (χ3n) is 6.77. The van der Waals surface area contributed by atoms with Crippen LogP contribution in [0.4, 0.5) is 0 Å². The van der Waals surface area contributed by atoms with Gasteiger partial charge in [-0.25, -0.2) is 19.2 Å². The Morgan fingerprint density at radius 3 is 1.41 bits per heavy atom. The normalized spacial score (nSPS) is 20.7. The molecule has 1 saturated heterocycles. The summed E-state index contributed by atoms with van der Waals surface area (Å²) < 4.78 is 28.1. The molecule has 0 aromatic heterocycles. The fourth-order valence-electron chi connectivity index (χ4n) is 4.56. The predicted molar refractivity (Wildman–Crippen MR) is 155 cm³/mol. The lowest BCUT2D eigenvalue weighted by molar-refractivity contribution is -0.247. The molecule has 4 aromatic carbocycles. The summed E-state index contributed by atoms with van der Waals surface area (Å²) >= 11 is 0. The minimum atomic E-state index is -2.50. The Hall–Kier alpha value is -5.32. The molecule has 1 heterocycles. The van der Waals surface area contributed by atoms with Crippen molar-refractivity contribution in [3.05, 3.63) is 144 Å². The molecule has 0 bridgehead atoms. The minimum Gasteiger partial charge on any atom is -0.459 e. The summed E-state index contributed by atoms with van der Waals surface area (Å²) in [7, 11) is 0. The molecule has 5 rings (SSSR count). The van der Waals surface area contributed by atoms with Gasteiger partial charge in [-0.1, -0.05) is 72.8 Å². The first-order chi connectivity index (χ1) is 21.3. The van der Waals surface area contributed by atoms with Crippen LogP contribution in [-0.2, 0) is 23.7 Å². The molecular formula is C34H28O10. The van der Waals surface area contributed by atoms with Crippen LogP contribution < -0.4 is 0 Å². The molecule has 1 aliphatic heterocycles. The molecule has 0 aliphatic carbocycles. The Morgan fingerprint density at radius 2 is 0.955 bits per heavy atom. The van der Waals surface area contributed by atoms with Gasteiger partial charge in [0.1, 0.15) is 19.3 Å². The smallest absolute Gasteiger partial charge is 0.338 e. The number of ether oxygens (including phenoxy) is 5. The van der Waals surface area contributed by atoms with Crippen molar-refractivity contribution >= 4 is 23.9 Å². The van der Waals surface area contributed by atoms with E-state index in [1.807, 2.05) is 0 Å². The first-order valence-corrected chi connectivity index (χ1v) is 13.7. The van der Waals surface area contributed by atoms with Crippen LogP contribution in [0.15, 0.2) is 121 Å². The lowest BCUT2D eigenvalue weighted by Crippen LogP contribution is -2.51. The number of carbonyl (C=O) groups excluding carboxylic acids is 4. The molecule has 1 aliphatic rings. The first kappa shape index (κ1) is 30.1. The highest BCUT2D eigenvalue weighted by Gasteiger charge is 2.60. The van der Waals surface area contributed by atoms with Gasteiger partial charge in [0.05, 0.1) is 22.3 Å². The maximum absolute atomic E-state index is 13.2. The SMILES string of the molecule is O=C(OC[C@@H]1OC(O)(COC(=O)c2ccccc2)[C@H](OC(=O)c2ccccc2)[C@H]1OC(=O)c1ccccc1)c1ccccc1. The highest BCUT2D eigenvalue weighted by Crippen LogP contribution is 2.36. The zero-order valence-corrected chi connectivity index (χ0v) is 23.3. The molecule has 4 aromatic rings. The average Bonchev–Trinajstić information content (AvgIpc) is 3.33. The van der Waals surface area contributed by atoms with Crippen LogP contribution >= 0.6 is 0 Å². The van der Waals surface area contributed by atoms with E-state index in [1.54, 1.807) is 84.9 Å². The van der Waals surface area contributed by atoms with E-state index in [1.165, 1.54) is 36.4 Å². The van der Waals surface area contributed by atoms with Crippen molar-refractivity contribution in [3.63, 3.8) is 0 Å². The highest BCUT2D eigenvalue weighted by molar-refractivity contribution is 5.91. The standard InChI is InChI=1S/C34H28O10/c35-30(23-13-5-1-6-14-23)40-21-27-28(42-32(37)25-17-9-3-10-18-25)29(43-33(38)26-19-11-4-12-20-26)34(39,44-27)22-41-31(36)24-15-7-2-8-16-24/h1-20,27-29,39H,21-22H2/t27-,28-,29+,34?/m0/s1. The van der Waals surface area contributed by atoms with Crippen molar-refractivity contribution < 1.29 is 48.0 Å². The third kappa shape index (κ3) is 7.17. The summed E-state index contributed by atoms with van der Waals surface area (Å²) in [5, 5.41) is 11.7. The van der Waals surface area contributed by atoms with Crippen molar-refractivity contribution in [1.82, 2.24) is 0 Å². The van der Waals surface area contributed by atoms with Gasteiger partial charge in [-0.15, -0.1) is 0 Å². The number of hydrogen-bond donors (Lipinski definition) is 1. The third-order valence-corrected chi connectivity index (χ3v) is 6.77. The Labute approximate surface area is 252 Å². The summed E-state index contributed by atoms with van der Waals surface area (Å²) in [6, 6.07) is 32.1. The Morgan fingerprint density at radius 1 is 0.568 bits per heavy atom. The second kappa shape index (κ2) is 13.8. The van der Waals surface area contributed by atoms with Gasteiger partial charge in [0.25, 0.3) is 0 Å². The molecular weight excluding hydrogens is 568 g/mol. The highest BCUT2D eigenvalue weighted by atomic mass is 16.7. The summed E-state index contributed by atoms with van der Waals surface area (Å²) in [6.45, 7) is -1.31. The van der Waals surface area contributed by atoms with Crippen molar-refractivity contribution in [3.8, 4) is 0 Å². The molecule has 4 atom stereocenters. The Bertz CT molecular complexity index is 1580. The van der Waals surface area contributed by atoms with Crippen LogP contribution in [0.25, 0.3) is 0 Å². The molecule has 44 heavy (non-hydrogen) atoms. The molecule has 1 N–H and O–H groups in total. The maximum Gasteiger partial charge on any atom is 0.338 e. The minimum absolute atomic E-state index is 0.142. The van der Waals surface area contributed by atoms with Gasteiger partial charge in [0.2, 0.25) is 5.79 Å². The summed E-state index contributed by atoms with van der Waals surface area (Å²) in [5.41, 5.74) is 0.768. The molecule has 0 spiro atoms. The Kier molecular flexibility index (Phi) is 9.43. The zero-order valence-electron chi connectivity index (χ0n) is 23.3. The predicted octanol–water partition coefficient (Wildman–Crippen LogP) is 4.24. The van der Waals surface area contributed by atoms with Gasteiger partial charge < -0.3 is 28.8 Å². The van der Waals surface area contributed by atoms with Crippen molar-refractivity contribution in [2.75, 3.05) is 13.2 Å². The van der Waals surface area contributed by atoms with Gasteiger partial charge in [-0.3, -0.25) is 0 Å². The quantitative estimate of drug-likeness (QED) is 0.209. The van der Waals surface area contributed by atoms with Crippen molar-refractivity contribution in [1.29, 1.82) is 0 Å². The van der Waals surface area contributed by atoms with E-state index in [2.05, 4.69) is 0 Å². The van der Waals surface area contributed by atoms with Gasteiger partial charge in [-0.2, -0.15) is 0 Å². The van der Waals surface area contributed by atoms with Crippen LogP contribution in [0.3, 0.4) is 0 Å². The molecule has 1 unspecified atom stereocenters. The number of aliphatic hydroxyl groups is 1. The van der Waals surface area contributed by atoms with Crippen molar-refractivity contribution in [2.45, 2.75) is 24.1 Å². The largest absolute Gasteiger partial charge is 0.459 e. The van der Waals surface area contributed by atoms with E-state index < -0.39 is 61.2 Å². The second-order valence-electron chi connectivity index (χ2n) is 9.84. The van der Waals surface area contributed by atoms with Gasteiger partial charge in [-0.05, 0) is 48.5 Å². The molecule has 1 fully saturated rings. The van der Waals surface area contributed by atoms with E-state index in [0.717, 1.165) is 0 Å². The fourth-order valence-corrected chi connectivity index (χ4v) is 4.56. The zero-order chi connectivity index (χ0) is 30.9. The van der Waals surface area contributed by atoms with Crippen LogP contribution in [0.5, 0.6) is 0 Å². The average molecular weight is 597 g/mol. The van der Waals surface area contributed by atoms with E-state index in [0.29, 0.717) is 0 Å². The Balaban J connectivity index is 1.44. The van der Waals surface area contributed by atoms with E-state index >= 15 is 0 Å². The lowest BCUT2D eigenvalue weighted by atomic mass is 10.0. The molecule has 0 radical (unpaired) electrons. The second-order valence-corrected chi connectivity index (χ2v) is 9.84. The first-order valence-electron chi connectivity index (χ1n) is 13.7. The summed E-state index contributed by atoms with van der Waals surface area (Å²) in [4.78, 5) is 51.8. The van der Waals surface area contributed by atoms with E-state index in [4.69, 9.17) is 23.7 Å². The molecule has 10 nitrogen and oxygen atoms in total. The van der Waals surface area contributed by atoms with Gasteiger partial charge >= 0.3 is 23.9 Å². The van der Waals surface area contributed by atoms with Crippen molar-refractivity contribution in [2.24, 2.45) is 0 Å². The number of hydrogen-bond acceptors (Lipinski definition) is 10. The number of esters is 4. The molecule has 224 valence electrons. The number of rotatable bonds is 10. The summed E-state index contributed by atoms with van der Waals surface area (Å²) in [6.07, 6.45) is -4.52. The lowest BCUT2D eigenvalue weighted by Gasteiger charge is -2.29. The number of carbonyl (C=O) groups is 4. The summed E-state index contributed by atoms with van der Waals surface area (Å²) in [5.74, 6) is -5.67. The topological polar surface area (TPSA) is 135 Å². The molecule has 0 amide bonds. The molecule has 10 heteroatoms.